The van der Waals surface area contributed by atoms with Crippen molar-refractivity contribution >= 4 is 17.3 Å². The van der Waals surface area contributed by atoms with E-state index in [1.165, 1.54) is 12.7 Å². The van der Waals surface area contributed by atoms with E-state index >= 15 is 0 Å². The Morgan fingerprint density at radius 1 is 1.30 bits per heavy atom. The van der Waals surface area contributed by atoms with Crippen LogP contribution in [0.25, 0.3) is 0 Å². The lowest BCUT2D eigenvalue weighted by atomic mass is 10.2. The van der Waals surface area contributed by atoms with Crippen LogP contribution in [0.15, 0.2) is 41.1 Å². The van der Waals surface area contributed by atoms with Crippen LogP contribution < -0.4 is 4.74 Å². The predicted molar refractivity (Wildman–Crippen MR) is 89.9 cm³/mol. The molecule has 23 heavy (non-hydrogen) atoms. The van der Waals surface area contributed by atoms with E-state index in [1.54, 1.807) is 35.6 Å². The summed E-state index contributed by atoms with van der Waals surface area (Å²) in [7, 11) is 3.31. The summed E-state index contributed by atoms with van der Waals surface area (Å²) in [5.41, 5.74) is 1.71. The Balaban J connectivity index is 1.75. The predicted octanol–water partition coefficient (Wildman–Crippen LogP) is 2.41. The molecule has 0 aliphatic heterocycles. The van der Waals surface area contributed by atoms with Crippen molar-refractivity contribution < 1.29 is 19.4 Å². The van der Waals surface area contributed by atoms with Crippen LogP contribution in [0.3, 0.4) is 0 Å². The van der Waals surface area contributed by atoms with Gasteiger partial charge in [0.05, 0.1) is 12.7 Å². The van der Waals surface area contributed by atoms with E-state index in [2.05, 4.69) is 21.1 Å². The summed E-state index contributed by atoms with van der Waals surface area (Å²) in [4.78, 5) is 13.4. The van der Waals surface area contributed by atoms with Crippen molar-refractivity contribution in [2.24, 2.45) is 0 Å². The summed E-state index contributed by atoms with van der Waals surface area (Å²) in [5, 5.41) is 14.2. The highest BCUT2D eigenvalue weighted by atomic mass is 32.1. The van der Waals surface area contributed by atoms with Gasteiger partial charge in [-0.1, -0.05) is 0 Å². The number of nitrogens with zero attached hydrogens (tertiary/aromatic N) is 1. The smallest absolute Gasteiger partial charge is 0.337 e. The first-order chi connectivity index (χ1) is 11.1. The molecule has 0 spiro atoms. The molecule has 0 fully saturated rings. The minimum atomic E-state index is -0.584. The molecule has 1 atom stereocenters. The molecule has 0 aliphatic carbocycles. The summed E-state index contributed by atoms with van der Waals surface area (Å²) in [6.07, 6.45) is -0.584. The molecular weight excluding hydrogens is 314 g/mol. The normalized spacial score (nSPS) is 12.2. The van der Waals surface area contributed by atoms with Gasteiger partial charge >= 0.3 is 5.97 Å². The van der Waals surface area contributed by atoms with Crippen LogP contribution in [0.5, 0.6) is 5.75 Å². The van der Waals surface area contributed by atoms with Crippen molar-refractivity contribution in [2.75, 3.05) is 27.3 Å². The van der Waals surface area contributed by atoms with E-state index in [-0.39, 0.29) is 12.6 Å². The molecular formula is C17H21NO4S. The highest BCUT2D eigenvalue weighted by Crippen LogP contribution is 2.13. The number of aliphatic hydroxyl groups is 1. The fourth-order valence-electron chi connectivity index (χ4n) is 2.17. The molecule has 0 saturated heterocycles. The van der Waals surface area contributed by atoms with Gasteiger partial charge in [-0.3, -0.25) is 4.90 Å². The van der Waals surface area contributed by atoms with E-state index < -0.39 is 6.10 Å². The van der Waals surface area contributed by atoms with Crippen molar-refractivity contribution in [3.63, 3.8) is 0 Å². The van der Waals surface area contributed by atoms with Gasteiger partial charge < -0.3 is 14.6 Å². The van der Waals surface area contributed by atoms with Gasteiger partial charge in [0.15, 0.2) is 0 Å². The lowest BCUT2D eigenvalue weighted by molar-refractivity contribution is 0.0600. The number of esters is 1. The van der Waals surface area contributed by atoms with Crippen molar-refractivity contribution in [2.45, 2.75) is 12.6 Å². The number of carbonyl (C=O) groups excluding carboxylic acids is 1. The molecule has 0 bridgehead atoms. The number of likely N-dealkylation sites (N-methyl/N-ethyl adjacent to an activating group) is 1. The molecule has 1 aromatic heterocycles. The number of ether oxygens (including phenoxy) is 2. The summed E-state index contributed by atoms with van der Waals surface area (Å²) in [6.45, 7) is 1.52. The zero-order chi connectivity index (χ0) is 16.7. The highest BCUT2D eigenvalue weighted by Gasteiger charge is 2.10. The van der Waals surface area contributed by atoms with Crippen molar-refractivity contribution in [3.05, 3.63) is 52.2 Å². The van der Waals surface area contributed by atoms with Gasteiger partial charge in [0.25, 0.3) is 0 Å². The summed E-state index contributed by atoms with van der Waals surface area (Å²) >= 11 is 1.67. The molecule has 0 saturated carbocycles. The third kappa shape index (κ3) is 5.67. The van der Waals surface area contributed by atoms with Gasteiger partial charge in [0.2, 0.25) is 0 Å². The number of thiophene rings is 1. The Morgan fingerprint density at radius 2 is 2.04 bits per heavy atom. The number of carbonyl (C=O) groups is 1. The molecule has 0 radical (unpaired) electrons. The first-order valence-corrected chi connectivity index (χ1v) is 8.21. The summed E-state index contributed by atoms with van der Waals surface area (Å²) in [5.74, 6) is 0.226. The maximum atomic E-state index is 11.3. The van der Waals surface area contributed by atoms with Crippen LogP contribution >= 0.6 is 11.3 Å². The Morgan fingerprint density at radius 3 is 2.65 bits per heavy atom. The van der Waals surface area contributed by atoms with E-state index in [9.17, 15) is 9.90 Å². The van der Waals surface area contributed by atoms with Crippen LogP contribution in [0, 0.1) is 0 Å². The molecule has 6 heteroatoms. The number of methoxy groups -OCH3 is 1. The van der Waals surface area contributed by atoms with E-state index in [4.69, 9.17) is 4.74 Å². The van der Waals surface area contributed by atoms with Crippen LogP contribution in [-0.2, 0) is 11.3 Å². The number of hydrogen-bond donors (Lipinski definition) is 1. The fraction of sp³-hybridized carbons (Fsp3) is 0.353. The zero-order valence-corrected chi connectivity index (χ0v) is 14.1. The standard InChI is InChI=1S/C17H21NO4S/c1-18(9-13-7-8-23-12-13)10-15(19)11-22-16-5-3-14(4-6-16)17(20)21-2/h3-8,12,15,19H,9-11H2,1-2H3. The van der Waals surface area contributed by atoms with Gasteiger partial charge in [0, 0.05) is 13.1 Å². The van der Waals surface area contributed by atoms with Crippen molar-refractivity contribution in [3.8, 4) is 5.75 Å². The molecule has 1 N–H and O–H groups in total. The van der Waals surface area contributed by atoms with Crippen LogP contribution in [0.2, 0.25) is 0 Å². The van der Waals surface area contributed by atoms with Gasteiger partial charge in [-0.2, -0.15) is 11.3 Å². The number of hydrogen-bond acceptors (Lipinski definition) is 6. The van der Waals surface area contributed by atoms with E-state index in [0.29, 0.717) is 17.9 Å². The van der Waals surface area contributed by atoms with Crippen LogP contribution in [-0.4, -0.2) is 49.4 Å². The maximum absolute atomic E-state index is 11.3. The Kier molecular flexibility index (Phi) is 6.58. The van der Waals surface area contributed by atoms with Gasteiger partial charge in [-0.05, 0) is 53.7 Å². The first kappa shape index (κ1) is 17.5. The molecule has 0 aliphatic rings. The molecule has 124 valence electrons. The third-order valence-electron chi connectivity index (χ3n) is 3.27. The second-order valence-corrected chi connectivity index (χ2v) is 6.09. The maximum Gasteiger partial charge on any atom is 0.337 e. The minimum absolute atomic E-state index is 0.200. The largest absolute Gasteiger partial charge is 0.491 e. The molecule has 2 rings (SSSR count). The van der Waals surface area contributed by atoms with Gasteiger partial charge in [-0.25, -0.2) is 4.79 Å². The van der Waals surface area contributed by atoms with Gasteiger partial charge in [-0.15, -0.1) is 0 Å². The zero-order valence-electron chi connectivity index (χ0n) is 13.3. The second kappa shape index (κ2) is 8.67. The number of benzene rings is 1. The summed E-state index contributed by atoms with van der Waals surface area (Å²) < 4.78 is 10.2. The van der Waals surface area contributed by atoms with Crippen LogP contribution in [0.1, 0.15) is 15.9 Å². The van der Waals surface area contributed by atoms with Crippen LogP contribution in [0.4, 0.5) is 0 Å². The molecule has 0 amide bonds. The SMILES string of the molecule is COC(=O)c1ccc(OCC(O)CN(C)Cc2ccsc2)cc1. The minimum Gasteiger partial charge on any atom is -0.491 e. The topological polar surface area (TPSA) is 59.0 Å². The molecule has 1 aromatic carbocycles. The average Bonchev–Trinajstić information content (AvgIpc) is 3.05. The Hall–Kier alpha value is -1.89. The summed E-state index contributed by atoms with van der Waals surface area (Å²) in [6, 6.07) is 8.72. The molecule has 1 unspecified atom stereocenters. The van der Waals surface area contributed by atoms with E-state index in [1.807, 2.05) is 12.4 Å². The number of rotatable bonds is 8. The monoisotopic (exact) mass is 335 g/mol. The molecule has 1 heterocycles. The van der Waals surface area contributed by atoms with Crippen molar-refractivity contribution in [1.82, 2.24) is 4.90 Å². The number of aliphatic hydroxyl groups excluding tert-OH is 1. The third-order valence-corrected chi connectivity index (χ3v) is 4.00. The molecule has 2 aromatic rings. The van der Waals surface area contributed by atoms with E-state index in [0.717, 1.165) is 6.54 Å². The first-order valence-electron chi connectivity index (χ1n) is 7.27. The lowest BCUT2D eigenvalue weighted by Gasteiger charge is -2.20. The fourth-order valence-corrected chi connectivity index (χ4v) is 2.83. The molecule has 5 nitrogen and oxygen atoms in total. The highest BCUT2D eigenvalue weighted by molar-refractivity contribution is 7.07. The van der Waals surface area contributed by atoms with Crippen molar-refractivity contribution in [1.29, 1.82) is 0 Å². The lowest BCUT2D eigenvalue weighted by Crippen LogP contribution is -2.32. The average molecular weight is 335 g/mol. The Bertz CT molecular complexity index is 598. The Labute approximate surface area is 140 Å². The quantitative estimate of drug-likeness (QED) is 0.751. The second-order valence-electron chi connectivity index (χ2n) is 5.31. The van der Waals surface area contributed by atoms with Gasteiger partial charge in [0.1, 0.15) is 18.5 Å².